The van der Waals surface area contributed by atoms with Crippen LogP contribution in [0.4, 0.5) is 5.82 Å². The Morgan fingerprint density at radius 3 is 3.07 bits per heavy atom. The molecule has 1 aliphatic heterocycles. The minimum absolute atomic E-state index is 0.700. The average Bonchev–Trinajstić information content (AvgIpc) is 2.18. The fourth-order valence-corrected chi connectivity index (χ4v) is 2.23. The number of anilines is 1. The summed E-state index contributed by atoms with van der Waals surface area (Å²) in [4.78, 5) is 6.34. The van der Waals surface area contributed by atoms with Gasteiger partial charge in [0.15, 0.2) is 5.82 Å². The molecular formula is C10H10BrClN2. The van der Waals surface area contributed by atoms with Crippen LogP contribution < -0.4 is 4.90 Å². The Kier molecular flexibility index (Phi) is 3.08. The summed E-state index contributed by atoms with van der Waals surface area (Å²) in [5.41, 5.74) is 0. The first-order valence-electron chi connectivity index (χ1n) is 4.51. The van der Waals surface area contributed by atoms with E-state index >= 15 is 0 Å². The number of nitrogens with zero attached hydrogens (tertiary/aromatic N) is 2. The topological polar surface area (TPSA) is 16.1 Å². The van der Waals surface area contributed by atoms with Crippen molar-refractivity contribution in [3.05, 3.63) is 34.0 Å². The number of allylic oxidation sites excluding steroid dienone is 1. The Hall–Kier alpha value is -0.540. The molecule has 1 aromatic heterocycles. The summed E-state index contributed by atoms with van der Waals surface area (Å²) in [6.07, 6.45) is 6.04. The lowest BCUT2D eigenvalue weighted by Gasteiger charge is -2.24. The van der Waals surface area contributed by atoms with Gasteiger partial charge in [0, 0.05) is 23.4 Å². The van der Waals surface area contributed by atoms with Crippen LogP contribution in [0.15, 0.2) is 29.0 Å². The number of aromatic nitrogens is 1. The molecule has 0 N–H and O–H groups in total. The van der Waals surface area contributed by atoms with Crippen LogP contribution in [0.2, 0.25) is 5.02 Å². The third-order valence-electron chi connectivity index (χ3n) is 2.12. The normalized spacial score (nSPS) is 16.7. The minimum Gasteiger partial charge on any atom is -0.331 e. The lowest BCUT2D eigenvalue weighted by molar-refractivity contribution is 0.772. The fraction of sp³-hybridized carbons (Fsp3) is 0.300. The molecule has 0 spiro atoms. The standard InChI is InChI=1S/C10H10BrClN2/c11-8-3-2-6-14(7-8)10-9(12)4-1-5-13-10/h1,4-5,7H,2-3,6H2. The highest BCUT2D eigenvalue weighted by Gasteiger charge is 2.13. The SMILES string of the molecule is Clc1cccnc1N1C=C(Br)CCC1. The summed E-state index contributed by atoms with van der Waals surface area (Å²) in [6, 6.07) is 3.70. The molecule has 1 aromatic rings. The Morgan fingerprint density at radius 1 is 1.50 bits per heavy atom. The Balaban J connectivity index is 2.31. The molecule has 1 aliphatic rings. The molecule has 0 saturated heterocycles. The van der Waals surface area contributed by atoms with Crippen molar-refractivity contribution in [3.63, 3.8) is 0 Å². The van der Waals surface area contributed by atoms with E-state index in [1.54, 1.807) is 6.20 Å². The van der Waals surface area contributed by atoms with Crippen molar-refractivity contribution in [1.29, 1.82) is 0 Å². The van der Waals surface area contributed by atoms with E-state index in [1.165, 1.54) is 4.48 Å². The molecule has 0 aliphatic carbocycles. The highest BCUT2D eigenvalue weighted by atomic mass is 79.9. The lowest BCUT2D eigenvalue weighted by atomic mass is 10.2. The van der Waals surface area contributed by atoms with Gasteiger partial charge in [-0.05, 0) is 25.0 Å². The van der Waals surface area contributed by atoms with E-state index in [0.29, 0.717) is 5.02 Å². The molecule has 2 rings (SSSR count). The van der Waals surface area contributed by atoms with Crippen LogP contribution in [0.25, 0.3) is 0 Å². The second-order valence-corrected chi connectivity index (χ2v) is 4.61. The zero-order valence-electron chi connectivity index (χ0n) is 7.58. The van der Waals surface area contributed by atoms with E-state index < -0.39 is 0 Å². The van der Waals surface area contributed by atoms with Gasteiger partial charge in [0.1, 0.15) is 0 Å². The van der Waals surface area contributed by atoms with Crippen molar-refractivity contribution in [2.24, 2.45) is 0 Å². The predicted octanol–water partition coefficient (Wildman–Crippen LogP) is 3.57. The maximum Gasteiger partial charge on any atom is 0.151 e. The van der Waals surface area contributed by atoms with Gasteiger partial charge >= 0.3 is 0 Å². The average molecular weight is 274 g/mol. The molecule has 74 valence electrons. The van der Waals surface area contributed by atoms with Crippen LogP contribution in [0.1, 0.15) is 12.8 Å². The van der Waals surface area contributed by atoms with E-state index in [9.17, 15) is 0 Å². The second kappa shape index (κ2) is 4.32. The van der Waals surface area contributed by atoms with Gasteiger partial charge in [0.2, 0.25) is 0 Å². The fourth-order valence-electron chi connectivity index (χ4n) is 1.47. The Labute approximate surface area is 96.7 Å². The molecule has 0 atom stereocenters. The number of hydrogen-bond acceptors (Lipinski definition) is 2. The first-order valence-corrected chi connectivity index (χ1v) is 5.68. The van der Waals surface area contributed by atoms with E-state index in [-0.39, 0.29) is 0 Å². The van der Waals surface area contributed by atoms with Gasteiger partial charge in [-0.3, -0.25) is 0 Å². The van der Waals surface area contributed by atoms with Crippen molar-refractivity contribution in [1.82, 2.24) is 4.98 Å². The summed E-state index contributed by atoms with van der Waals surface area (Å²) >= 11 is 9.56. The van der Waals surface area contributed by atoms with Gasteiger partial charge in [-0.25, -0.2) is 4.98 Å². The number of pyridine rings is 1. The summed E-state index contributed by atoms with van der Waals surface area (Å²) in [7, 11) is 0. The summed E-state index contributed by atoms with van der Waals surface area (Å²) < 4.78 is 1.20. The van der Waals surface area contributed by atoms with E-state index in [2.05, 4.69) is 32.0 Å². The van der Waals surface area contributed by atoms with Crippen LogP contribution in [0.3, 0.4) is 0 Å². The zero-order valence-corrected chi connectivity index (χ0v) is 9.92. The van der Waals surface area contributed by atoms with Crippen molar-refractivity contribution in [2.45, 2.75) is 12.8 Å². The second-order valence-electron chi connectivity index (χ2n) is 3.18. The lowest BCUT2D eigenvalue weighted by Crippen LogP contribution is -2.22. The van der Waals surface area contributed by atoms with Gasteiger partial charge in [-0.1, -0.05) is 27.5 Å². The highest BCUT2D eigenvalue weighted by Crippen LogP contribution is 2.28. The molecule has 0 bridgehead atoms. The predicted molar refractivity (Wildman–Crippen MR) is 62.8 cm³/mol. The number of halogens is 2. The highest BCUT2D eigenvalue weighted by molar-refractivity contribution is 9.11. The third kappa shape index (κ3) is 2.10. The number of rotatable bonds is 1. The largest absolute Gasteiger partial charge is 0.331 e. The van der Waals surface area contributed by atoms with Crippen molar-refractivity contribution < 1.29 is 0 Å². The molecule has 2 heterocycles. The van der Waals surface area contributed by atoms with Crippen LogP contribution in [0, 0.1) is 0 Å². The third-order valence-corrected chi connectivity index (χ3v) is 3.02. The molecule has 0 aromatic carbocycles. The first kappa shape index (κ1) is 9.99. The first-order chi connectivity index (χ1) is 6.77. The smallest absolute Gasteiger partial charge is 0.151 e. The Morgan fingerprint density at radius 2 is 2.36 bits per heavy atom. The molecule has 0 amide bonds. The van der Waals surface area contributed by atoms with Crippen LogP contribution in [0.5, 0.6) is 0 Å². The van der Waals surface area contributed by atoms with Crippen LogP contribution in [-0.2, 0) is 0 Å². The van der Waals surface area contributed by atoms with Crippen LogP contribution in [-0.4, -0.2) is 11.5 Å². The maximum absolute atomic E-state index is 6.06. The summed E-state index contributed by atoms with van der Waals surface area (Å²) in [5, 5.41) is 0.700. The summed E-state index contributed by atoms with van der Waals surface area (Å²) in [5.74, 6) is 0.839. The van der Waals surface area contributed by atoms with Gasteiger partial charge in [0.25, 0.3) is 0 Å². The zero-order chi connectivity index (χ0) is 9.97. The quantitative estimate of drug-likeness (QED) is 0.777. The van der Waals surface area contributed by atoms with Crippen LogP contribution >= 0.6 is 27.5 Å². The van der Waals surface area contributed by atoms with Gasteiger partial charge in [-0.2, -0.15) is 0 Å². The monoisotopic (exact) mass is 272 g/mol. The molecule has 0 radical (unpaired) electrons. The molecule has 0 saturated carbocycles. The van der Waals surface area contributed by atoms with E-state index in [1.807, 2.05) is 12.1 Å². The van der Waals surface area contributed by atoms with Crippen molar-refractivity contribution >= 4 is 33.3 Å². The van der Waals surface area contributed by atoms with E-state index in [0.717, 1.165) is 25.2 Å². The van der Waals surface area contributed by atoms with Crippen molar-refractivity contribution in [2.75, 3.05) is 11.4 Å². The van der Waals surface area contributed by atoms with Gasteiger partial charge < -0.3 is 4.90 Å². The van der Waals surface area contributed by atoms with Gasteiger partial charge in [-0.15, -0.1) is 0 Å². The molecule has 2 nitrogen and oxygen atoms in total. The number of hydrogen-bond donors (Lipinski definition) is 0. The molecular weight excluding hydrogens is 263 g/mol. The summed E-state index contributed by atoms with van der Waals surface area (Å²) in [6.45, 7) is 0.978. The molecule has 0 fully saturated rings. The minimum atomic E-state index is 0.700. The van der Waals surface area contributed by atoms with Gasteiger partial charge in [0.05, 0.1) is 5.02 Å². The molecule has 14 heavy (non-hydrogen) atoms. The molecule has 4 heteroatoms. The van der Waals surface area contributed by atoms with E-state index in [4.69, 9.17) is 11.6 Å². The Bertz CT molecular complexity index is 365. The van der Waals surface area contributed by atoms with Crippen molar-refractivity contribution in [3.8, 4) is 0 Å². The maximum atomic E-state index is 6.06. The molecule has 0 unspecified atom stereocenters.